The van der Waals surface area contributed by atoms with E-state index in [4.69, 9.17) is 10.5 Å². The Morgan fingerprint density at radius 1 is 1.43 bits per heavy atom. The fraction of sp³-hybridized carbons (Fsp3) is 0.889. The van der Waals surface area contributed by atoms with Gasteiger partial charge in [-0.1, -0.05) is 0 Å². The van der Waals surface area contributed by atoms with Crippen LogP contribution in [0.2, 0.25) is 0 Å². The Balaban J connectivity index is 2.37. The van der Waals surface area contributed by atoms with E-state index in [2.05, 4.69) is 11.9 Å². The molecular weight excluding hydrogens is 182 g/mol. The number of hydrogen-bond donors (Lipinski definition) is 1. The number of amides is 1. The van der Waals surface area contributed by atoms with Crippen molar-refractivity contribution in [3.63, 3.8) is 0 Å². The minimum Gasteiger partial charge on any atom is -0.383 e. The molecule has 82 valence electrons. The number of piperazine rings is 1. The quantitative estimate of drug-likeness (QED) is 0.619. The van der Waals surface area contributed by atoms with E-state index in [0.717, 1.165) is 26.2 Å². The van der Waals surface area contributed by atoms with Crippen molar-refractivity contribution in [2.75, 3.05) is 46.9 Å². The Labute approximate surface area is 84.8 Å². The molecule has 1 heterocycles. The summed E-state index contributed by atoms with van der Waals surface area (Å²) < 4.78 is 4.85. The van der Waals surface area contributed by atoms with Gasteiger partial charge in [-0.05, 0) is 7.05 Å². The number of hydrogen-bond acceptors (Lipinski definition) is 4. The topological polar surface area (TPSA) is 58.8 Å². The number of carbonyl (C=O) groups excluding carboxylic acids is 1. The van der Waals surface area contributed by atoms with Crippen molar-refractivity contribution >= 4 is 5.91 Å². The van der Waals surface area contributed by atoms with Crippen molar-refractivity contribution in [3.05, 3.63) is 0 Å². The highest BCUT2D eigenvalue weighted by Crippen LogP contribution is 2.01. The molecule has 1 fully saturated rings. The van der Waals surface area contributed by atoms with Gasteiger partial charge < -0.3 is 20.3 Å². The van der Waals surface area contributed by atoms with E-state index in [1.165, 1.54) is 0 Å². The van der Waals surface area contributed by atoms with Crippen molar-refractivity contribution < 1.29 is 9.53 Å². The van der Waals surface area contributed by atoms with Gasteiger partial charge in [0.1, 0.15) is 6.04 Å². The molecule has 0 aliphatic carbocycles. The zero-order chi connectivity index (χ0) is 10.6. The minimum absolute atomic E-state index is 0.0000463. The Morgan fingerprint density at radius 2 is 2.00 bits per heavy atom. The average Bonchev–Trinajstić information content (AvgIpc) is 2.18. The molecule has 0 radical (unpaired) electrons. The van der Waals surface area contributed by atoms with Crippen LogP contribution in [0.1, 0.15) is 0 Å². The maximum Gasteiger partial charge on any atom is 0.241 e. The molecule has 5 nitrogen and oxygen atoms in total. The Morgan fingerprint density at radius 3 is 2.50 bits per heavy atom. The van der Waals surface area contributed by atoms with Crippen LogP contribution >= 0.6 is 0 Å². The molecule has 1 unspecified atom stereocenters. The molecule has 1 aliphatic rings. The smallest absolute Gasteiger partial charge is 0.241 e. The zero-order valence-corrected chi connectivity index (χ0v) is 8.90. The van der Waals surface area contributed by atoms with Gasteiger partial charge in [0, 0.05) is 33.3 Å². The van der Waals surface area contributed by atoms with Crippen LogP contribution in [0.15, 0.2) is 0 Å². The summed E-state index contributed by atoms with van der Waals surface area (Å²) in [6.07, 6.45) is 0. The number of nitrogens with zero attached hydrogens (tertiary/aromatic N) is 2. The molecule has 0 bridgehead atoms. The number of ether oxygens (including phenoxy) is 1. The summed E-state index contributed by atoms with van der Waals surface area (Å²) in [6, 6.07) is -0.511. The van der Waals surface area contributed by atoms with E-state index in [0.29, 0.717) is 6.61 Å². The summed E-state index contributed by atoms with van der Waals surface area (Å²) in [7, 11) is 3.61. The predicted molar refractivity (Wildman–Crippen MR) is 53.9 cm³/mol. The lowest BCUT2D eigenvalue weighted by Gasteiger charge is -2.33. The molecule has 1 amide bonds. The third kappa shape index (κ3) is 2.94. The highest BCUT2D eigenvalue weighted by Gasteiger charge is 2.23. The number of methoxy groups -OCH3 is 1. The van der Waals surface area contributed by atoms with Crippen molar-refractivity contribution in [2.45, 2.75) is 6.04 Å². The molecule has 1 atom stereocenters. The summed E-state index contributed by atoms with van der Waals surface area (Å²) in [5, 5.41) is 0. The van der Waals surface area contributed by atoms with Crippen LogP contribution in [0.25, 0.3) is 0 Å². The molecule has 0 saturated carbocycles. The second-order valence-electron chi connectivity index (χ2n) is 3.69. The van der Waals surface area contributed by atoms with Crippen molar-refractivity contribution in [3.8, 4) is 0 Å². The Bertz CT molecular complexity index is 190. The highest BCUT2D eigenvalue weighted by molar-refractivity contribution is 5.81. The number of likely N-dealkylation sites (N-methyl/N-ethyl adjacent to an activating group) is 1. The third-order valence-electron chi connectivity index (χ3n) is 2.48. The van der Waals surface area contributed by atoms with Gasteiger partial charge in [-0.3, -0.25) is 4.79 Å². The molecule has 1 aliphatic heterocycles. The summed E-state index contributed by atoms with van der Waals surface area (Å²) in [5.41, 5.74) is 5.66. The molecule has 2 N–H and O–H groups in total. The van der Waals surface area contributed by atoms with Crippen LogP contribution in [0.3, 0.4) is 0 Å². The van der Waals surface area contributed by atoms with Gasteiger partial charge in [-0.25, -0.2) is 0 Å². The molecule has 1 rings (SSSR count). The first kappa shape index (κ1) is 11.4. The lowest BCUT2D eigenvalue weighted by Crippen LogP contribution is -2.53. The van der Waals surface area contributed by atoms with Gasteiger partial charge in [-0.15, -0.1) is 0 Å². The standard InChI is InChI=1S/C9H19N3O2/c1-11-3-5-12(6-4-11)9(13)8(10)7-14-2/h8H,3-7,10H2,1-2H3. The zero-order valence-electron chi connectivity index (χ0n) is 8.90. The first-order valence-electron chi connectivity index (χ1n) is 4.87. The lowest BCUT2D eigenvalue weighted by molar-refractivity contribution is -0.135. The van der Waals surface area contributed by atoms with E-state index >= 15 is 0 Å². The monoisotopic (exact) mass is 201 g/mol. The first-order valence-corrected chi connectivity index (χ1v) is 4.87. The van der Waals surface area contributed by atoms with E-state index in [9.17, 15) is 4.79 Å². The third-order valence-corrected chi connectivity index (χ3v) is 2.48. The SMILES string of the molecule is COCC(N)C(=O)N1CCN(C)CC1. The van der Waals surface area contributed by atoms with Crippen LogP contribution in [0, 0.1) is 0 Å². The van der Waals surface area contributed by atoms with Crippen LogP contribution in [-0.2, 0) is 9.53 Å². The van der Waals surface area contributed by atoms with Gasteiger partial charge >= 0.3 is 0 Å². The molecular formula is C9H19N3O2. The van der Waals surface area contributed by atoms with E-state index in [-0.39, 0.29) is 5.91 Å². The molecule has 1 saturated heterocycles. The van der Waals surface area contributed by atoms with Gasteiger partial charge in [-0.2, -0.15) is 0 Å². The van der Waals surface area contributed by atoms with Crippen molar-refractivity contribution in [1.29, 1.82) is 0 Å². The van der Waals surface area contributed by atoms with Crippen molar-refractivity contribution in [2.24, 2.45) is 5.73 Å². The van der Waals surface area contributed by atoms with E-state index in [1.807, 2.05) is 4.90 Å². The van der Waals surface area contributed by atoms with Gasteiger partial charge in [0.25, 0.3) is 0 Å². The second-order valence-corrected chi connectivity index (χ2v) is 3.69. The van der Waals surface area contributed by atoms with Crippen LogP contribution in [-0.4, -0.2) is 68.7 Å². The maximum absolute atomic E-state index is 11.7. The first-order chi connectivity index (χ1) is 6.65. The van der Waals surface area contributed by atoms with Crippen LogP contribution in [0.5, 0.6) is 0 Å². The summed E-state index contributed by atoms with van der Waals surface area (Å²) >= 11 is 0. The van der Waals surface area contributed by atoms with Gasteiger partial charge in [0.05, 0.1) is 6.61 Å². The normalized spacial score (nSPS) is 20.9. The van der Waals surface area contributed by atoms with E-state index in [1.54, 1.807) is 7.11 Å². The largest absolute Gasteiger partial charge is 0.383 e. The predicted octanol–water partition coefficient (Wildman–Crippen LogP) is -1.27. The minimum atomic E-state index is -0.511. The molecule has 0 aromatic heterocycles. The second kappa shape index (κ2) is 5.29. The van der Waals surface area contributed by atoms with Crippen LogP contribution < -0.4 is 5.73 Å². The fourth-order valence-electron chi connectivity index (χ4n) is 1.51. The van der Waals surface area contributed by atoms with E-state index < -0.39 is 6.04 Å². The molecule has 0 aromatic rings. The lowest BCUT2D eigenvalue weighted by atomic mass is 10.2. The molecule has 0 aromatic carbocycles. The number of carbonyl (C=O) groups is 1. The fourth-order valence-corrected chi connectivity index (χ4v) is 1.51. The molecule has 0 spiro atoms. The van der Waals surface area contributed by atoms with Crippen LogP contribution in [0.4, 0.5) is 0 Å². The highest BCUT2D eigenvalue weighted by atomic mass is 16.5. The Hall–Kier alpha value is -0.650. The summed E-state index contributed by atoms with van der Waals surface area (Å²) in [6.45, 7) is 3.68. The van der Waals surface area contributed by atoms with Crippen molar-refractivity contribution in [1.82, 2.24) is 9.80 Å². The van der Waals surface area contributed by atoms with Gasteiger partial charge in [0.2, 0.25) is 5.91 Å². The number of nitrogens with two attached hydrogens (primary N) is 1. The average molecular weight is 201 g/mol. The maximum atomic E-state index is 11.7. The Kier molecular flexibility index (Phi) is 4.31. The molecule has 5 heteroatoms. The number of rotatable bonds is 3. The summed E-state index contributed by atoms with van der Waals surface area (Å²) in [5.74, 6) is -0.0000463. The molecule has 14 heavy (non-hydrogen) atoms. The van der Waals surface area contributed by atoms with Gasteiger partial charge in [0.15, 0.2) is 0 Å². The summed E-state index contributed by atoms with van der Waals surface area (Å²) in [4.78, 5) is 15.7.